The van der Waals surface area contributed by atoms with Crippen molar-refractivity contribution >= 4 is 21.6 Å². The zero-order valence-electron chi connectivity index (χ0n) is 15.3. The fourth-order valence-corrected chi connectivity index (χ4v) is 5.04. The standard InChI is InChI=1S/C20H22F2N2O3S/c21-15-6-10-17(11-7-15)23-20(25)14-24(18-4-2-1-3-5-18)28(26,27)19-12-8-16(22)9-13-19/h6-13,18H,1-5,14H2,(H,23,25). The van der Waals surface area contributed by atoms with Gasteiger partial charge >= 0.3 is 0 Å². The summed E-state index contributed by atoms with van der Waals surface area (Å²) in [5.41, 5.74) is 0.383. The molecule has 1 fully saturated rings. The molecule has 8 heteroatoms. The van der Waals surface area contributed by atoms with Gasteiger partial charge < -0.3 is 5.32 Å². The molecule has 150 valence electrons. The molecule has 0 spiro atoms. The Morgan fingerprint density at radius 3 is 2.04 bits per heavy atom. The van der Waals surface area contributed by atoms with Crippen molar-refractivity contribution < 1.29 is 22.0 Å². The molecule has 0 atom stereocenters. The van der Waals surface area contributed by atoms with Crippen LogP contribution in [0.25, 0.3) is 0 Å². The molecule has 2 aromatic carbocycles. The summed E-state index contributed by atoms with van der Waals surface area (Å²) in [6.45, 7) is -0.359. The first-order chi connectivity index (χ1) is 13.4. The average Bonchev–Trinajstić information content (AvgIpc) is 2.69. The van der Waals surface area contributed by atoms with Gasteiger partial charge in [-0.2, -0.15) is 4.31 Å². The molecule has 1 amide bonds. The summed E-state index contributed by atoms with van der Waals surface area (Å²) >= 11 is 0. The van der Waals surface area contributed by atoms with Crippen LogP contribution in [0.1, 0.15) is 32.1 Å². The zero-order valence-corrected chi connectivity index (χ0v) is 16.1. The Kier molecular flexibility index (Phi) is 6.41. The molecule has 0 bridgehead atoms. The number of sulfonamides is 1. The van der Waals surface area contributed by atoms with E-state index >= 15 is 0 Å². The quantitative estimate of drug-likeness (QED) is 0.788. The van der Waals surface area contributed by atoms with E-state index in [1.807, 2.05) is 0 Å². The van der Waals surface area contributed by atoms with Crippen LogP contribution in [0.5, 0.6) is 0 Å². The largest absolute Gasteiger partial charge is 0.325 e. The van der Waals surface area contributed by atoms with E-state index in [0.717, 1.165) is 31.4 Å². The number of rotatable bonds is 6. The van der Waals surface area contributed by atoms with Gasteiger partial charge in [0.05, 0.1) is 11.4 Å². The van der Waals surface area contributed by atoms with Gasteiger partial charge in [0.1, 0.15) is 11.6 Å². The van der Waals surface area contributed by atoms with Gasteiger partial charge in [-0.1, -0.05) is 19.3 Å². The van der Waals surface area contributed by atoms with Crippen LogP contribution in [0, 0.1) is 11.6 Å². The van der Waals surface area contributed by atoms with Gasteiger partial charge in [-0.05, 0) is 61.4 Å². The van der Waals surface area contributed by atoms with Crippen molar-refractivity contribution in [2.75, 3.05) is 11.9 Å². The van der Waals surface area contributed by atoms with Crippen LogP contribution in [0.2, 0.25) is 0 Å². The summed E-state index contributed by atoms with van der Waals surface area (Å²) < 4.78 is 53.7. The van der Waals surface area contributed by atoms with Gasteiger partial charge in [-0.3, -0.25) is 4.79 Å². The predicted molar refractivity (Wildman–Crippen MR) is 102 cm³/mol. The molecule has 0 unspecified atom stereocenters. The number of hydrogen-bond donors (Lipinski definition) is 1. The number of carbonyl (C=O) groups is 1. The Balaban J connectivity index is 1.83. The fourth-order valence-electron chi connectivity index (χ4n) is 3.40. The number of anilines is 1. The number of carbonyl (C=O) groups excluding carboxylic acids is 1. The molecule has 28 heavy (non-hydrogen) atoms. The van der Waals surface area contributed by atoms with Gasteiger partial charge in [-0.15, -0.1) is 0 Å². The van der Waals surface area contributed by atoms with Crippen molar-refractivity contribution in [3.05, 3.63) is 60.2 Å². The van der Waals surface area contributed by atoms with Crippen LogP contribution in [-0.2, 0) is 14.8 Å². The summed E-state index contributed by atoms with van der Waals surface area (Å²) in [6, 6.07) is 9.54. The van der Waals surface area contributed by atoms with E-state index in [-0.39, 0.29) is 17.5 Å². The molecular formula is C20H22F2N2O3S. The molecular weight excluding hydrogens is 386 g/mol. The predicted octanol–water partition coefficient (Wildman–Crippen LogP) is 3.93. The lowest BCUT2D eigenvalue weighted by molar-refractivity contribution is -0.116. The van der Waals surface area contributed by atoms with Crippen LogP contribution in [0.15, 0.2) is 53.4 Å². The van der Waals surface area contributed by atoms with Crippen LogP contribution in [0.4, 0.5) is 14.5 Å². The highest BCUT2D eigenvalue weighted by Gasteiger charge is 2.34. The first-order valence-electron chi connectivity index (χ1n) is 9.19. The van der Waals surface area contributed by atoms with Gasteiger partial charge in [-0.25, -0.2) is 17.2 Å². The first kappa shape index (κ1) is 20.4. The fraction of sp³-hybridized carbons (Fsp3) is 0.350. The average molecular weight is 408 g/mol. The van der Waals surface area contributed by atoms with Gasteiger partial charge in [0, 0.05) is 11.7 Å². The second-order valence-electron chi connectivity index (χ2n) is 6.85. The second kappa shape index (κ2) is 8.79. The van der Waals surface area contributed by atoms with E-state index in [4.69, 9.17) is 0 Å². The van der Waals surface area contributed by atoms with Crippen LogP contribution in [-0.4, -0.2) is 31.2 Å². The van der Waals surface area contributed by atoms with Crippen LogP contribution in [0.3, 0.4) is 0 Å². The number of nitrogens with zero attached hydrogens (tertiary/aromatic N) is 1. The van der Waals surface area contributed by atoms with Gasteiger partial charge in [0.15, 0.2) is 0 Å². The topological polar surface area (TPSA) is 66.5 Å². The third-order valence-electron chi connectivity index (χ3n) is 4.83. The Morgan fingerprint density at radius 2 is 1.46 bits per heavy atom. The number of benzene rings is 2. The summed E-state index contributed by atoms with van der Waals surface area (Å²) in [7, 11) is -3.97. The van der Waals surface area contributed by atoms with Crippen molar-refractivity contribution in [1.29, 1.82) is 0 Å². The molecule has 5 nitrogen and oxygen atoms in total. The maximum Gasteiger partial charge on any atom is 0.243 e. The molecule has 0 saturated heterocycles. The number of halogens is 2. The van der Waals surface area contributed by atoms with Crippen LogP contribution >= 0.6 is 0 Å². The van der Waals surface area contributed by atoms with E-state index in [0.29, 0.717) is 18.5 Å². The first-order valence-corrected chi connectivity index (χ1v) is 10.6. The molecule has 2 aromatic rings. The summed E-state index contributed by atoms with van der Waals surface area (Å²) in [5, 5.41) is 2.60. The third-order valence-corrected chi connectivity index (χ3v) is 6.74. The second-order valence-corrected chi connectivity index (χ2v) is 8.74. The molecule has 1 aliphatic carbocycles. The number of hydrogen-bond acceptors (Lipinski definition) is 3. The highest BCUT2D eigenvalue weighted by molar-refractivity contribution is 7.89. The normalized spacial score (nSPS) is 15.5. The molecule has 1 saturated carbocycles. The zero-order chi connectivity index (χ0) is 20.1. The Bertz CT molecular complexity index is 909. The van der Waals surface area contributed by atoms with E-state index in [1.165, 1.54) is 40.7 Å². The van der Waals surface area contributed by atoms with Crippen molar-refractivity contribution in [3.63, 3.8) is 0 Å². The molecule has 0 aromatic heterocycles. The summed E-state index contributed by atoms with van der Waals surface area (Å²) in [6.07, 6.45) is 4.15. The van der Waals surface area contributed by atoms with Crippen molar-refractivity contribution in [2.45, 2.75) is 43.0 Å². The molecule has 0 radical (unpaired) electrons. The Hall–Kier alpha value is -2.32. The van der Waals surface area contributed by atoms with Gasteiger partial charge in [0.25, 0.3) is 0 Å². The highest BCUT2D eigenvalue weighted by atomic mass is 32.2. The minimum atomic E-state index is -3.97. The van der Waals surface area contributed by atoms with Crippen molar-refractivity contribution in [2.24, 2.45) is 0 Å². The third kappa shape index (κ3) is 4.94. The Labute approximate surface area is 163 Å². The SMILES string of the molecule is O=C(CN(C1CCCCC1)S(=O)(=O)c1ccc(F)cc1)Nc1ccc(F)cc1. The number of nitrogens with one attached hydrogen (secondary N) is 1. The Morgan fingerprint density at radius 1 is 0.929 bits per heavy atom. The van der Waals surface area contributed by atoms with Gasteiger partial charge in [0.2, 0.25) is 15.9 Å². The van der Waals surface area contributed by atoms with Crippen LogP contribution < -0.4 is 5.32 Å². The maximum absolute atomic E-state index is 13.2. The maximum atomic E-state index is 13.2. The smallest absolute Gasteiger partial charge is 0.243 e. The lowest BCUT2D eigenvalue weighted by Gasteiger charge is -2.33. The lowest BCUT2D eigenvalue weighted by atomic mass is 9.95. The van der Waals surface area contributed by atoms with Crippen molar-refractivity contribution in [3.8, 4) is 0 Å². The molecule has 1 aliphatic rings. The van der Waals surface area contributed by atoms with E-state index < -0.39 is 27.6 Å². The number of amides is 1. The molecule has 3 rings (SSSR count). The molecule has 1 N–H and O–H groups in total. The minimum absolute atomic E-state index is 0.0472. The summed E-state index contributed by atoms with van der Waals surface area (Å²) in [4.78, 5) is 12.5. The van der Waals surface area contributed by atoms with E-state index in [1.54, 1.807) is 0 Å². The van der Waals surface area contributed by atoms with E-state index in [2.05, 4.69) is 5.32 Å². The minimum Gasteiger partial charge on any atom is -0.325 e. The monoisotopic (exact) mass is 408 g/mol. The van der Waals surface area contributed by atoms with Crippen molar-refractivity contribution in [1.82, 2.24) is 4.31 Å². The molecule has 0 aliphatic heterocycles. The highest BCUT2D eigenvalue weighted by Crippen LogP contribution is 2.28. The lowest BCUT2D eigenvalue weighted by Crippen LogP contribution is -2.45. The van der Waals surface area contributed by atoms with E-state index in [9.17, 15) is 22.0 Å². The summed E-state index contributed by atoms with van der Waals surface area (Å²) in [5.74, 6) is -1.47. The molecule has 0 heterocycles.